The van der Waals surface area contributed by atoms with Crippen molar-refractivity contribution in [2.75, 3.05) is 17.2 Å². The van der Waals surface area contributed by atoms with Crippen LogP contribution in [0.15, 0.2) is 72.3 Å². The third kappa shape index (κ3) is 6.74. The van der Waals surface area contributed by atoms with Crippen LogP contribution >= 0.6 is 34.8 Å². The zero-order valence-corrected chi connectivity index (χ0v) is 19.2. The van der Waals surface area contributed by atoms with Crippen molar-refractivity contribution in [2.24, 2.45) is 0 Å². The molecule has 0 fully saturated rings. The summed E-state index contributed by atoms with van der Waals surface area (Å²) in [6.45, 7) is -0.307. The maximum absolute atomic E-state index is 12.5. The van der Waals surface area contributed by atoms with Crippen LogP contribution in [0.25, 0.3) is 6.08 Å². The zero-order chi connectivity index (χ0) is 23.8. The van der Waals surface area contributed by atoms with Crippen LogP contribution in [0, 0.1) is 11.3 Å². The van der Waals surface area contributed by atoms with Crippen LogP contribution in [0.4, 0.5) is 11.4 Å². The molecule has 0 saturated carbocycles. The highest BCUT2D eigenvalue weighted by atomic mass is 35.5. The summed E-state index contributed by atoms with van der Waals surface area (Å²) in [5.41, 5.74) is 1.14. The van der Waals surface area contributed by atoms with Crippen molar-refractivity contribution >= 4 is 64.1 Å². The van der Waals surface area contributed by atoms with Gasteiger partial charge in [0.2, 0.25) is 0 Å². The molecule has 0 saturated heterocycles. The van der Waals surface area contributed by atoms with Gasteiger partial charge in [0.1, 0.15) is 17.4 Å². The molecule has 0 atom stereocenters. The Bertz CT molecular complexity index is 1270. The minimum absolute atomic E-state index is 0.161. The monoisotopic (exact) mass is 499 g/mol. The fourth-order valence-electron chi connectivity index (χ4n) is 2.70. The summed E-state index contributed by atoms with van der Waals surface area (Å²) in [4.78, 5) is 24.8. The number of anilines is 2. The molecule has 0 aliphatic heterocycles. The van der Waals surface area contributed by atoms with Gasteiger partial charge in [-0.1, -0.05) is 65.1 Å². The smallest absolute Gasteiger partial charge is 0.266 e. The fourth-order valence-corrected chi connectivity index (χ4v) is 3.18. The lowest BCUT2D eigenvalue weighted by Crippen LogP contribution is -2.20. The molecule has 0 aromatic heterocycles. The van der Waals surface area contributed by atoms with Crippen molar-refractivity contribution in [2.45, 2.75) is 0 Å². The SMILES string of the molecule is N#C/C(=C\c1ccccc1OCC(=O)Nc1ccc(Cl)c(Cl)c1)C(=O)Nc1ccccc1Cl. The molecule has 0 unspecified atom stereocenters. The Morgan fingerprint density at radius 2 is 1.64 bits per heavy atom. The van der Waals surface area contributed by atoms with Crippen molar-refractivity contribution in [1.29, 1.82) is 5.26 Å². The number of nitriles is 1. The first-order chi connectivity index (χ1) is 15.9. The van der Waals surface area contributed by atoms with E-state index in [0.29, 0.717) is 37.8 Å². The van der Waals surface area contributed by atoms with E-state index in [2.05, 4.69) is 10.6 Å². The Balaban J connectivity index is 1.70. The molecule has 0 radical (unpaired) electrons. The van der Waals surface area contributed by atoms with Gasteiger partial charge in [0.25, 0.3) is 11.8 Å². The first-order valence-corrected chi connectivity index (χ1v) is 10.6. The summed E-state index contributed by atoms with van der Waals surface area (Å²) in [6, 6.07) is 20.0. The van der Waals surface area contributed by atoms with Crippen molar-refractivity contribution in [3.05, 3.63) is 92.9 Å². The highest BCUT2D eigenvalue weighted by molar-refractivity contribution is 6.42. The minimum atomic E-state index is -0.627. The highest BCUT2D eigenvalue weighted by Gasteiger charge is 2.13. The molecule has 0 bridgehead atoms. The summed E-state index contributed by atoms with van der Waals surface area (Å²) in [7, 11) is 0. The second-order valence-electron chi connectivity index (χ2n) is 6.61. The van der Waals surface area contributed by atoms with Gasteiger partial charge in [-0.05, 0) is 42.5 Å². The molecule has 0 aliphatic carbocycles. The maximum Gasteiger partial charge on any atom is 0.266 e. The molecular weight excluding hydrogens is 485 g/mol. The van der Waals surface area contributed by atoms with Crippen LogP contribution in [-0.4, -0.2) is 18.4 Å². The van der Waals surface area contributed by atoms with E-state index in [1.54, 1.807) is 60.7 Å². The van der Waals surface area contributed by atoms with E-state index < -0.39 is 11.8 Å². The second-order valence-corrected chi connectivity index (χ2v) is 7.83. The molecule has 3 aromatic rings. The van der Waals surface area contributed by atoms with E-state index in [4.69, 9.17) is 39.5 Å². The largest absolute Gasteiger partial charge is 0.483 e. The summed E-state index contributed by atoms with van der Waals surface area (Å²) < 4.78 is 5.61. The Labute approximate surface area is 205 Å². The van der Waals surface area contributed by atoms with E-state index in [1.807, 2.05) is 6.07 Å². The van der Waals surface area contributed by atoms with Gasteiger partial charge in [-0.3, -0.25) is 9.59 Å². The third-order valence-electron chi connectivity index (χ3n) is 4.27. The van der Waals surface area contributed by atoms with Gasteiger partial charge < -0.3 is 15.4 Å². The molecule has 6 nitrogen and oxygen atoms in total. The van der Waals surface area contributed by atoms with Crippen molar-refractivity contribution in [3.63, 3.8) is 0 Å². The van der Waals surface area contributed by atoms with Crippen molar-refractivity contribution in [1.82, 2.24) is 0 Å². The van der Waals surface area contributed by atoms with Gasteiger partial charge >= 0.3 is 0 Å². The zero-order valence-electron chi connectivity index (χ0n) is 16.9. The summed E-state index contributed by atoms with van der Waals surface area (Å²) in [6.07, 6.45) is 1.37. The van der Waals surface area contributed by atoms with Crippen LogP contribution in [0.1, 0.15) is 5.56 Å². The third-order valence-corrected chi connectivity index (χ3v) is 5.34. The first-order valence-electron chi connectivity index (χ1n) is 9.52. The van der Waals surface area contributed by atoms with Crippen LogP contribution in [0.5, 0.6) is 5.75 Å². The summed E-state index contributed by atoms with van der Waals surface area (Å²) in [5.74, 6) is -0.734. The van der Waals surface area contributed by atoms with Crippen LogP contribution < -0.4 is 15.4 Å². The molecular formula is C24H16Cl3N3O3. The van der Waals surface area contributed by atoms with Gasteiger partial charge in [-0.2, -0.15) is 5.26 Å². The first kappa shape index (κ1) is 24.1. The van der Waals surface area contributed by atoms with Crippen LogP contribution in [-0.2, 0) is 9.59 Å². The standard InChI is InChI=1S/C24H16Cl3N3O3/c25-18-10-9-17(12-20(18)27)29-23(31)14-33-22-8-4-1-5-15(22)11-16(13-28)24(32)30-21-7-3-2-6-19(21)26/h1-12H,14H2,(H,29,31)(H,30,32)/b16-11+. The molecule has 0 heterocycles. The van der Waals surface area contributed by atoms with Crippen molar-refractivity contribution in [3.8, 4) is 11.8 Å². The Morgan fingerprint density at radius 1 is 0.909 bits per heavy atom. The topological polar surface area (TPSA) is 91.2 Å². The number of ether oxygens (including phenoxy) is 1. The molecule has 3 aromatic carbocycles. The number of carbonyl (C=O) groups is 2. The minimum Gasteiger partial charge on any atom is -0.483 e. The van der Waals surface area contributed by atoms with E-state index in [-0.39, 0.29) is 12.2 Å². The van der Waals surface area contributed by atoms with Gasteiger partial charge in [-0.15, -0.1) is 0 Å². The lowest BCUT2D eigenvalue weighted by molar-refractivity contribution is -0.118. The molecule has 2 amide bonds. The number of amides is 2. The van der Waals surface area contributed by atoms with Gasteiger partial charge in [0, 0.05) is 11.3 Å². The van der Waals surface area contributed by atoms with Gasteiger partial charge in [0.05, 0.1) is 20.8 Å². The number of para-hydroxylation sites is 2. The van der Waals surface area contributed by atoms with Gasteiger partial charge in [-0.25, -0.2) is 0 Å². The lowest BCUT2D eigenvalue weighted by atomic mass is 10.1. The number of nitrogens with one attached hydrogen (secondary N) is 2. The molecule has 166 valence electrons. The molecule has 33 heavy (non-hydrogen) atoms. The number of halogens is 3. The maximum atomic E-state index is 12.5. The number of carbonyl (C=O) groups excluding carboxylic acids is 2. The van der Waals surface area contributed by atoms with Crippen LogP contribution in [0.3, 0.4) is 0 Å². The quantitative estimate of drug-likeness (QED) is 0.298. The predicted octanol–water partition coefficient (Wildman–Crippen LogP) is 6.21. The van der Waals surface area contributed by atoms with E-state index in [1.165, 1.54) is 12.1 Å². The van der Waals surface area contributed by atoms with Gasteiger partial charge in [0.15, 0.2) is 6.61 Å². The lowest BCUT2D eigenvalue weighted by Gasteiger charge is -2.11. The molecule has 0 aliphatic rings. The number of hydrogen-bond acceptors (Lipinski definition) is 4. The van der Waals surface area contributed by atoms with Crippen LogP contribution in [0.2, 0.25) is 15.1 Å². The Kier molecular flexibility index (Phi) is 8.34. The number of benzene rings is 3. The number of nitrogens with zero attached hydrogens (tertiary/aromatic N) is 1. The summed E-state index contributed by atoms with van der Waals surface area (Å²) >= 11 is 17.9. The molecule has 0 spiro atoms. The number of hydrogen-bond donors (Lipinski definition) is 2. The average Bonchev–Trinajstić information content (AvgIpc) is 2.80. The van der Waals surface area contributed by atoms with E-state index >= 15 is 0 Å². The summed E-state index contributed by atoms with van der Waals surface area (Å²) in [5, 5.41) is 15.8. The normalized spacial score (nSPS) is 10.8. The number of rotatable bonds is 7. The fraction of sp³-hybridized carbons (Fsp3) is 0.0417. The highest BCUT2D eigenvalue weighted by Crippen LogP contribution is 2.26. The van der Waals surface area contributed by atoms with E-state index in [9.17, 15) is 14.9 Å². The molecule has 3 rings (SSSR count). The average molecular weight is 501 g/mol. The second kappa shape index (κ2) is 11.4. The Morgan fingerprint density at radius 3 is 2.36 bits per heavy atom. The molecule has 2 N–H and O–H groups in total. The predicted molar refractivity (Wildman–Crippen MR) is 131 cm³/mol. The Hall–Kier alpha value is -3.50. The molecule has 9 heteroatoms. The van der Waals surface area contributed by atoms with Crippen molar-refractivity contribution < 1.29 is 14.3 Å². The van der Waals surface area contributed by atoms with E-state index in [0.717, 1.165) is 0 Å².